The lowest BCUT2D eigenvalue weighted by Gasteiger charge is -2.24. The first-order valence-corrected chi connectivity index (χ1v) is 10.8. The molecule has 1 unspecified atom stereocenters. The molecular formula is C23H20N2O7S. The number of hydrogen-bond acceptors (Lipinski definition) is 9. The maximum atomic E-state index is 13.2. The number of aliphatic hydroxyl groups is 1. The molecule has 0 radical (unpaired) electrons. The summed E-state index contributed by atoms with van der Waals surface area (Å²) in [6, 6.07) is 8.83. The third-order valence-electron chi connectivity index (χ3n) is 5.04. The molecule has 1 N–H and O–H groups in total. The monoisotopic (exact) mass is 468 g/mol. The molecule has 0 spiro atoms. The number of hydrogen-bond donors (Lipinski definition) is 1. The van der Waals surface area contributed by atoms with Crippen LogP contribution in [-0.2, 0) is 9.53 Å². The number of nitrogens with zero attached hydrogens (tertiary/aromatic N) is 2. The molecule has 0 saturated carbocycles. The molecule has 1 aliphatic heterocycles. The first kappa shape index (κ1) is 22.3. The van der Waals surface area contributed by atoms with E-state index in [0.717, 1.165) is 11.3 Å². The van der Waals surface area contributed by atoms with Gasteiger partial charge in [0.1, 0.15) is 10.6 Å². The minimum Gasteiger partial charge on any atom is -0.503 e. The van der Waals surface area contributed by atoms with Gasteiger partial charge in [0, 0.05) is 0 Å². The third-order valence-corrected chi connectivity index (χ3v) is 6.18. The van der Waals surface area contributed by atoms with Gasteiger partial charge < -0.3 is 19.0 Å². The second-order valence-electron chi connectivity index (χ2n) is 7.05. The molecule has 3 heterocycles. The average Bonchev–Trinajstić information content (AvgIpc) is 3.53. The minimum atomic E-state index is -1.02. The van der Waals surface area contributed by atoms with E-state index in [2.05, 4.69) is 4.98 Å². The highest BCUT2D eigenvalue weighted by atomic mass is 32.1. The summed E-state index contributed by atoms with van der Waals surface area (Å²) in [5.74, 6) is -2.26. The van der Waals surface area contributed by atoms with Crippen LogP contribution in [0.4, 0.5) is 5.13 Å². The predicted octanol–water partition coefficient (Wildman–Crippen LogP) is 4.01. The van der Waals surface area contributed by atoms with Gasteiger partial charge in [0.15, 0.2) is 16.7 Å². The van der Waals surface area contributed by atoms with Crippen LogP contribution in [0.2, 0.25) is 0 Å². The van der Waals surface area contributed by atoms with E-state index in [4.69, 9.17) is 13.9 Å². The Bertz CT molecular complexity index is 1260. The first-order chi connectivity index (χ1) is 15.9. The van der Waals surface area contributed by atoms with Crippen molar-refractivity contribution >= 4 is 34.1 Å². The Morgan fingerprint density at radius 2 is 2.06 bits per heavy atom. The summed E-state index contributed by atoms with van der Waals surface area (Å²) in [6.45, 7) is 3.87. The fourth-order valence-corrected chi connectivity index (χ4v) is 4.61. The molecule has 170 valence electrons. The lowest BCUT2D eigenvalue weighted by Crippen LogP contribution is -2.31. The molecule has 33 heavy (non-hydrogen) atoms. The second-order valence-corrected chi connectivity index (χ2v) is 8.03. The van der Waals surface area contributed by atoms with Gasteiger partial charge in [0.2, 0.25) is 5.78 Å². The lowest BCUT2D eigenvalue weighted by molar-refractivity contribution is -0.117. The van der Waals surface area contributed by atoms with Gasteiger partial charge in [0.05, 0.1) is 37.3 Å². The number of Topliss-reactive ketones (excluding diaryl/α,β-unsaturated/α-hetero) is 1. The van der Waals surface area contributed by atoms with E-state index < -0.39 is 29.5 Å². The number of rotatable bonds is 7. The van der Waals surface area contributed by atoms with Crippen LogP contribution < -0.4 is 9.64 Å². The highest BCUT2D eigenvalue weighted by Crippen LogP contribution is 2.44. The summed E-state index contributed by atoms with van der Waals surface area (Å²) in [4.78, 5) is 44.3. The van der Waals surface area contributed by atoms with E-state index in [0.29, 0.717) is 23.6 Å². The van der Waals surface area contributed by atoms with Crippen molar-refractivity contribution in [2.45, 2.75) is 19.9 Å². The van der Waals surface area contributed by atoms with Gasteiger partial charge in [0.25, 0.3) is 5.91 Å². The van der Waals surface area contributed by atoms with Crippen molar-refractivity contribution in [2.24, 2.45) is 0 Å². The highest BCUT2D eigenvalue weighted by molar-refractivity contribution is 7.17. The van der Waals surface area contributed by atoms with E-state index in [-0.39, 0.29) is 21.3 Å². The number of methoxy groups -OCH3 is 1. The van der Waals surface area contributed by atoms with Gasteiger partial charge in [-0.1, -0.05) is 23.5 Å². The van der Waals surface area contributed by atoms with E-state index in [9.17, 15) is 19.5 Å². The number of amides is 1. The van der Waals surface area contributed by atoms with Crippen LogP contribution in [0.25, 0.3) is 0 Å². The third kappa shape index (κ3) is 3.89. The van der Waals surface area contributed by atoms with Gasteiger partial charge in [-0.15, -0.1) is 0 Å². The summed E-state index contributed by atoms with van der Waals surface area (Å²) >= 11 is 0.935. The van der Waals surface area contributed by atoms with Crippen molar-refractivity contribution in [3.63, 3.8) is 0 Å². The Morgan fingerprint density at radius 1 is 1.27 bits per heavy atom. The average molecular weight is 468 g/mol. The molecule has 0 fully saturated rings. The molecule has 4 rings (SSSR count). The number of carbonyl (C=O) groups excluding carboxylic acids is 3. The topological polar surface area (TPSA) is 119 Å². The zero-order valence-corrected chi connectivity index (χ0v) is 18.8. The second kappa shape index (κ2) is 8.91. The number of ether oxygens (including phenoxy) is 2. The molecule has 0 aliphatic carbocycles. The molecule has 0 saturated heterocycles. The van der Waals surface area contributed by atoms with Crippen LogP contribution in [0.5, 0.6) is 5.75 Å². The number of aryl methyl sites for hydroxylation is 1. The van der Waals surface area contributed by atoms with Crippen molar-refractivity contribution in [2.75, 3.05) is 18.6 Å². The maximum Gasteiger partial charge on any atom is 0.350 e. The zero-order chi connectivity index (χ0) is 23.7. The van der Waals surface area contributed by atoms with Crippen LogP contribution in [0.1, 0.15) is 44.4 Å². The van der Waals surface area contributed by atoms with Crippen molar-refractivity contribution in [1.29, 1.82) is 0 Å². The normalized spacial score (nSPS) is 15.8. The van der Waals surface area contributed by atoms with E-state index in [1.165, 1.54) is 30.4 Å². The first-order valence-electron chi connectivity index (χ1n) is 10.0. The highest BCUT2D eigenvalue weighted by Gasteiger charge is 2.46. The molecule has 1 aliphatic rings. The Kier molecular flexibility index (Phi) is 6.01. The number of anilines is 1. The number of carbonyl (C=O) groups is 3. The Hall–Kier alpha value is -3.92. The fraction of sp³-hybridized carbons (Fsp3) is 0.217. The molecule has 9 nitrogen and oxygen atoms in total. The maximum absolute atomic E-state index is 13.2. The Balaban J connectivity index is 1.88. The molecule has 2 aromatic heterocycles. The van der Waals surface area contributed by atoms with Crippen LogP contribution in [0.3, 0.4) is 0 Å². The summed E-state index contributed by atoms with van der Waals surface area (Å²) in [7, 11) is 1.25. The van der Waals surface area contributed by atoms with Crippen LogP contribution in [-0.4, -0.2) is 41.5 Å². The van der Waals surface area contributed by atoms with Crippen molar-refractivity contribution < 1.29 is 33.4 Å². The molecule has 3 aromatic rings. The molecule has 1 atom stereocenters. The van der Waals surface area contributed by atoms with Gasteiger partial charge in [-0.05, 0) is 43.7 Å². The largest absolute Gasteiger partial charge is 0.503 e. The van der Waals surface area contributed by atoms with Gasteiger partial charge in [-0.2, -0.15) is 0 Å². The number of thiazole rings is 1. The minimum absolute atomic E-state index is 0.0252. The van der Waals surface area contributed by atoms with E-state index in [1.54, 1.807) is 31.2 Å². The number of aromatic nitrogens is 1. The smallest absolute Gasteiger partial charge is 0.350 e. The van der Waals surface area contributed by atoms with Crippen LogP contribution in [0.15, 0.2) is 58.4 Å². The SMILES string of the molecule is CCOc1cccc(C2C(C(=O)c3ccco3)=C(O)C(=O)N2c2nc(C)c(C(=O)OC)s2)c1. The van der Waals surface area contributed by atoms with Crippen LogP contribution >= 0.6 is 11.3 Å². The molecular weight excluding hydrogens is 448 g/mol. The van der Waals surface area contributed by atoms with Crippen molar-refractivity contribution in [3.8, 4) is 5.75 Å². The molecule has 1 amide bonds. The van der Waals surface area contributed by atoms with Crippen LogP contribution in [0, 0.1) is 6.92 Å². The summed E-state index contributed by atoms with van der Waals surface area (Å²) < 4.78 is 15.6. The number of esters is 1. The van der Waals surface area contributed by atoms with Crippen molar-refractivity contribution in [3.05, 3.63) is 75.9 Å². The fourth-order valence-electron chi connectivity index (χ4n) is 3.60. The molecule has 0 bridgehead atoms. The number of aliphatic hydroxyl groups excluding tert-OH is 1. The number of furan rings is 1. The van der Waals surface area contributed by atoms with Gasteiger partial charge in [-0.25, -0.2) is 9.78 Å². The molecule has 10 heteroatoms. The predicted molar refractivity (Wildman–Crippen MR) is 119 cm³/mol. The number of benzene rings is 1. The van der Waals surface area contributed by atoms with Gasteiger partial charge in [-0.3, -0.25) is 14.5 Å². The lowest BCUT2D eigenvalue weighted by atomic mass is 9.95. The Morgan fingerprint density at radius 3 is 2.73 bits per heavy atom. The number of ketones is 1. The zero-order valence-electron chi connectivity index (χ0n) is 18.0. The van der Waals surface area contributed by atoms with E-state index in [1.807, 2.05) is 6.92 Å². The standard InChI is InChI=1S/C23H20N2O7S/c1-4-31-14-8-5-7-13(11-14)17-16(18(26)15-9-6-10-32-15)19(27)21(28)25(17)23-24-12(2)20(33-23)22(29)30-3/h5-11,17,27H,4H2,1-3H3. The van der Waals surface area contributed by atoms with E-state index >= 15 is 0 Å². The van der Waals surface area contributed by atoms with Crippen molar-refractivity contribution in [1.82, 2.24) is 4.98 Å². The summed E-state index contributed by atoms with van der Waals surface area (Å²) in [6.07, 6.45) is 1.33. The summed E-state index contributed by atoms with van der Waals surface area (Å²) in [5, 5.41) is 10.9. The quantitative estimate of drug-likeness (QED) is 0.408. The molecule has 1 aromatic carbocycles. The summed E-state index contributed by atoms with van der Waals surface area (Å²) in [5.41, 5.74) is 0.721. The Labute approximate surface area is 192 Å². The van der Waals surface area contributed by atoms with Gasteiger partial charge >= 0.3 is 5.97 Å².